The van der Waals surface area contributed by atoms with Crippen molar-refractivity contribution in [2.24, 2.45) is 16.5 Å². The molecule has 7 heteroatoms. The summed E-state index contributed by atoms with van der Waals surface area (Å²) < 4.78 is 1.79. The van der Waals surface area contributed by atoms with Crippen molar-refractivity contribution in [2.75, 3.05) is 0 Å². The van der Waals surface area contributed by atoms with Gasteiger partial charge in [-0.1, -0.05) is 18.2 Å². The standard InChI is InChI=1S/C17H16N6O/c18-17(19)22-16(24)12-9-21-23(15(12)11-6-7-11)13-5-1-3-10-4-2-8-20-14(10)13/h1-5,8-9,11H,6-7H2,(H4,18,19,22,24). The number of hydrogen-bond acceptors (Lipinski definition) is 3. The Balaban J connectivity index is 1.91. The molecule has 3 aromatic rings. The summed E-state index contributed by atoms with van der Waals surface area (Å²) in [7, 11) is 0. The van der Waals surface area contributed by atoms with Gasteiger partial charge in [-0.2, -0.15) is 10.1 Å². The topological polar surface area (TPSA) is 112 Å². The Labute approximate surface area is 138 Å². The second kappa shape index (κ2) is 5.45. The molecule has 1 fully saturated rings. The van der Waals surface area contributed by atoms with E-state index in [2.05, 4.69) is 15.1 Å². The quantitative estimate of drug-likeness (QED) is 0.563. The Morgan fingerprint density at radius 2 is 2.00 bits per heavy atom. The van der Waals surface area contributed by atoms with Gasteiger partial charge in [0.2, 0.25) is 0 Å². The lowest BCUT2D eigenvalue weighted by Crippen LogP contribution is -2.24. The molecule has 1 amide bonds. The smallest absolute Gasteiger partial charge is 0.283 e. The van der Waals surface area contributed by atoms with Crippen molar-refractivity contribution in [3.63, 3.8) is 0 Å². The number of carbonyl (C=O) groups excluding carboxylic acids is 1. The third-order valence-corrected chi connectivity index (χ3v) is 4.07. The molecule has 0 bridgehead atoms. The first-order valence-corrected chi connectivity index (χ1v) is 7.71. The van der Waals surface area contributed by atoms with Gasteiger partial charge in [0.15, 0.2) is 5.96 Å². The lowest BCUT2D eigenvalue weighted by Gasteiger charge is -2.10. The van der Waals surface area contributed by atoms with Crippen LogP contribution in [-0.2, 0) is 0 Å². The minimum Gasteiger partial charge on any atom is -0.370 e. The van der Waals surface area contributed by atoms with Crippen LogP contribution >= 0.6 is 0 Å². The summed E-state index contributed by atoms with van der Waals surface area (Å²) in [6.45, 7) is 0. The fourth-order valence-corrected chi connectivity index (χ4v) is 2.90. The molecule has 7 nitrogen and oxygen atoms in total. The number of aromatic nitrogens is 3. The van der Waals surface area contributed by atoms with Gasteiger partial charge >= 0.3 is 0 Å². The number of rotatable bonds is 3. The molecule has 0 spiro atoms. The Morgan fingerprint density at radius 1 is 1.21 bits per heavy atom. The van der Waals surface area contributed by atoms with Crippen molar-refractivity contribution >= 4 is 22.8 Å². The molecule has 2 aromatic heterocycles. The number of guanidine groups is 1. The van der Waals surface area contributed by atoms with Crippen LogP contribution in [0.1, 0.15) is 34.8 Å². The summed E-state index contributed by atoms with van der Waals surface area (Å²) in [5.41, 5.74) is 13.6. The molecule has 0 radical (unpaired) electrons. The number of nitrogens with two attached hydrogens (primary N) is 2. The first-order chi connectivity index (χ1) is 11.6. The lowest BCUT2D eigenvalue weighted by atomic mass is 10.1. The number of carbonyl (C=O) groups is 1. The van der Waals surface area contributed by atoms with Crippen LogP contribution in [0.4, 0.5) is 0 Å². The predicted molar refractivity (Wildman–Crippen MR) is 91.0 cm³/mol. The first-order valence-electron chi connectivity index (χ1n) is 7.71. The average Bonchev–Trinajstić information content (AvgIpc) is 3.32. The predicted octanol–water partition coefficient (Wildman–Crippen LogP) is 1.71. The summed E-state index contributed by atoms with van der Waals surface area (Å²) >= 11 is 0. The van der Waals surface area contributed by atoms with Crippen LogP contribution in [0.3, 0.4) is 0 Å². The fourth-order valence-electron chi connectivity index (χ4n) is 2.90. The highest BCUT2D eigenvalue weighted by Crippen LogP contribution is 2.43. The molecule has 1 aliphatic carbocycles. The number of benzene rings is 1. The van der Waals surface area contributed by atoms with Gasteiger partial charge in [-0.15, -0.1) is 0 Å². The van der Waals surface area contributed by atoms with Crippen molar-refractivity contribution in [1.29, 1.82) is 0 Å². The van der Waals surface area contributed by atoms with Gasteiger partial charge in [-0.3, -0.25) is 9.78 Å². The van der Waals surface area contributed by atoms with Crippen LogP contribution in [0, 0.1) is 0 Å². The van der Waals surface area contributed by atoms with Gasteiger partial charge in [0.25, 0.3) is 5.91 Å². The maximum Gasteiger partial charge on any atom is 0.283 e. The zero-order valence-corrected chi connectivity index (χ0v) is 12.9. The third-order valence-electron chi connectivity index (χ3n) is 4.07. The monoisotopic (exact) mass is 320 g/mol. The van der Waals surface area contributed by atoms with E-state index in [0.717, 1.165) is 35.1 Å². The highest BCUT2D eigenvalue weighted by atomic mass is 16.1. The van der Waals surface area contributed by atoms with E-state index in [1.807, 2.05) is 30.3 Å². The van der Waals surface area contributed by atoms with Crippen LogP contribution in [0.2, 0.25) is 0 Å². The number of amides is 1. The Hall–Kier alpha value is -3.22. The van der Waals surface area contributed by atoms with Gasteiger partial charge < -0.3 is 11.5 Å². The molecule has 1 saturated carbocycles. The van der Waals surface area contributed by atoms with Gasteiger partial charge in [0.1, 0.15) is 0 Å². The summed E-state index contributed by atoms with van der Waals surface area (Å²) in [6, 6.07) is 9.79. The molecular weight excluding hydrogens is 304 g/mol. The van der Waals surface area contributed by atoms with E-state index in [0.29, 0.717) is 11.5 Å². The molecule has 1 aliphatic rings. The highest BCUT2D eigenvalue weighted by molar-refractivity contribution is 6.03. The summed E-state index contributed by atoms with van der Waals surface area (Å²) in [4.78, 5) is 20.4. The highest BCUT2D eigenvalue weighted by Gasteiger charge is 2.33. The van der Waals surface area contributed by atoms with Crippen molar-refractivity contribution in [3.05, 3.63) is 54.0 Å². The largest absolute Gasteiger partial charge is 0.370 e. The number of aliphatic imine (C=N–C) groups is 1. The van der Waals surface area contributed by atoms with E-state index in [1.54, 1.807) is 10.9 Å². The molecule has 4 N–H and O–H groups in total. The van der Waals surface area contributed by atoms with Crippen LogP contribution in [-0.4, -0.2) is 26.6 Å². The third kappa shape index (κ3) is 2.40. The molecule has 1 aromatic carbocycles. The normalized spacial score (nSPS) is 13.8. The lowest BCUT2D eigenvalue weighted by molar-refractivity contribution is 0.100. The van der Waals surface area contributed by atoms with Crippen molar-refractivity contribution < 1.29 is 4.79 Å². The second-order valence-corrected chi connectivity index (χ2v) is 5.82. The molecule has 2 heterocycles. The maximum absolute atomic E-state index is 12.3. The minimum absolute atomic E-state index is 0.249. The van der Waals surface area contributed by atoms with E-state index in [1.165, 1.54) is 6.20 Å². The van der Waals surface area contributed by atoms with Gasteiger partial charge in [0.05, 0.1) is 28.7 Å². The Bertz CT molecular complexity index is 961. The van der Waals surface area contributed by atoms with E-state index < -0.39 is 5.91 Å². The van der Waals surface area contributed by atoms with Gasteiger partial charge in [0, 0.05) is 17.5 Å². The van der Waals surface area contributed by atoms with Crippen LogP contribution in [0.5, 0.6) is 0 Å². The number of fused-ring (bicyclic) bond motifs is 1. The summed E-state index contributed by atoms with van der Waals surface area (Å²) in [5, 5.41) is 5.45. The molecule has 0 saturated heterocycles. The average molecular weight is 320 g/mol. The zero-order chi connectivity index (χ0) is 16.7. The minimum atomic E-state index is -0.462. The molecular formula is C17H16N6O. The number of nitrogens with zero attached hydrogens (tertiary/aromatic N) is 4. The van der Waals surface area contributed by atoms with Crippen molar-refractivity contribution in [1.82, 2.24) is 14.8 Å². The second-order valence-electron chi connectivity index (χ2n) is 5.82. The van der Waals surface area contributed by atoms with Gasteiger partial charge in [-0.25, -0.2) is 4.68 Å². The zero-order valence-electron chi connectivity index (χ0n) is 12.9. The number of pyridine rings is 1. The number of para-hydroxylation sites is 1. The molecule has 24 heavy (non-hydrogen) atoms. The maximum atomic E-state index is 12.3. The SMILES string of the molecule is NC(N)=NC(=O)c1cnn(-c2cccc3cccnc23)c1C1CC1. The number of hydrogen-bond donors (Lipinski definition) is 2. The summed E-state index contributed by atoms with van der Waals surface area (Å²) in [6.07, 6.45) is 5.32. The Kier molecular flexibility index (Phi) is 3.26. The van der Waals surface area contributed by atoms with Crippen LogP contribution in [0.25, 0.3) is 16.6 Å². The van der Waals surface area contributed by atoms with Gasteiger partial charge in [-0.05, 0) is 25.0 Å². The van der Waals surface area contributed by atoms with Crippen molar-refractivity contribution in [3.8, 4) is 5.69 Å². The Morgan fingerprint density at radius 3 is 2.75 bits per heavy atom. The summed E-state index contributed by atoms with van der Waals surface area (Å²) in [5.74, 6) is -0.419. The van der Waals surface area contributed by atoms with E-state index in [9.17, 15) is 4.79 Å². The molecule has 0 unspecified atom stereocenters. The van der Waals surface area contributed by atoms with E-state index >= 15 is 0 Å². The molecule has 4 rings (SSSR count). The van der Waals surface area contributed by atoms with Crippen LogP contribution in [0.15, 0.2) is 47.7 Å². The fraction of sp³-hybridized carbons (Fsp3) is 0.176. The first kappa shape index (κ1) is 14.4. The van der Waals surface area contributed by atoms with E-state index in [-0.39, 0.29) is 5.96 Å². The molecule has 120 valence electrons. The van der Waals surface area contributed by atoms with E-state index in [4.69, 9.17) is 11.5 Å². The molecule has 0 aliphatic heterocycles. The van der Waals surface area contributed by atoms with Crippen LogP contribution < -0.4 is 11.5 Å². The van der Waals surface area contributed by atoms with Crippen molar-refractivity contribution in [2.45, 2.75) is 18.8 Å². The molecule has 0 atom stereocenters.